The second-order valence-corrected chi connectivity index (χ2v) is 2.41. The van der Waals surface area contributed by atoms with E-state index in [1.165, 1.54) is 0 Å². The Morgan fingerprint density at radius 2 is 2.10 bits per heavy atom. The first-order chi connectivity index (χ1) is 4.88. The van der Waals surface area contributed by atoms with Gasteiger partial charge in [0.25, 0.3) is 0 Å². The van der Waals surface area contributed by atoms with Gasteiger partial charge < -0.3 is 12.8 Å². The highest BCUT2D eigenvalue weighted by molar-refractivity contribution is 7.51. The minimum absolute atomic E-state index is 0.593. The summed E-state index contributed by atoms with van der Waals surface area (Å²) in [5, 5.41) is 7.62. The second-order valence-electron chi connectivity index (χ2n) is 2.02. The van der Waals surface area contributed by atoms with E-state index in [1.807, 2.05) is 24.3 Å². The van der Waals surface area contributed by atoms with Crippen LogP contribution in [0.25, 0.3) is 0 Å². The molecule has 0 radical (unpaired) electrons. The topological polar surface area (TPSA) is 29.2 Å². The lowest BCUT2D eigenvalue weighted by molar-refractivity contribution is -0.684. The zero-order chi connectivity index (χ0) is 6.97. The van der Waals surface area contributed by atoms with Crippen LogP contribution in [0.3, 0.4) is 0 Å². The van der Waals surface area contributed by atoms with Gasteiger partial charge in [-0.25, -0.2) is 0 Å². The summed E-state index contributed by atoms with van der Waals surface area (Å²) in [7, 11) is 0. The van der Waals surface area contributed by atoms with Crippen molar-refractivity contribution in [2.45, 2.75) is 0 Å². The highest BCUT2D eigenvalue weighted by Gasteiger charge is 2.12. The van der Waals surface area contributed by atoms with E-state index in [1.54, 1.807) is 0 Å². The summed E-state index contributed by atoms with van der Waals surface area (Å²) >= 11 is 4.91. The van der Waals surface area contributed by atoms with E-state index >= 15 is 0 Å². The van der Waals surface area contributed by atoms with Crippen molar-refractivity contribution in [2.75, 3.05) is 0 Å². The van der Waals surface area contributed by atoms with E-state index in [0.29, 0.717) is 4.41 Å². The minimum atomic E-state index is 0.593. The molecule has 0 aromatic heterocycles. The molecule has 0 saturated heterocycles. The molecule has 0 saturated carbocycles. The lowest BCUT2D eigenvalue weighted by atomic mass is 10.3. The number of nitrogens with one attached hydrogen (secondary N) is 1. The molecule has 4 heteroatoms. The number of rotatable bonds is 0. The SMILES string of the molecule is [S-][NH+]1N=Nc2ccccc21. The van der Waals surface area contributed by atoms with Gasteiger partial charge in [-0.1, -0.05) is 17.2 Å². The maximum Gasteiger partial charge on any atom is 0.168 e. The number of hydrogen-bond acceptors (Lipinski definition) is 3. The van der Waals surface area contributed by atoms with Crippen LogP contribution in [-0.2, 0) is 12.8 Å². The number of nitrogens with zero attached hydrogens (tertiary/aromatic N) is 2. The van der Waals surface area contributed by atoms with Crippen LogP contribution in [0.4, 0.5) is 11.4 Å². The average Bonchev–Trinajstić information content (AvgIpc) is 2.34. The first kappa shape index (κ1) is 5.88. The molecule has 1 heterocycles. The van der Waals surface area contributed by atoms with Crippen LogP contribution in [0, 0.1) is 0 Å². The highest BCUT2D eigenvalue weighted by Crippen LogP contribution is 2.23. The molecule has 1 atom stereocenters. The molecule has 0 aliphatic carbocycles. The van der Waals surface area contributed by atoms with E-state index in [4.69, 9.17) is 12.8 Å². The number of benzene rings is 1. The van der Waals surface area contributed by atoms with E-state index in [2.05, 4.69) is 10.3 Å². The molecule has 50 valence electrons. The van der Waals surface area contributed by atoms with Crippen LogP contribution in [0.5, 0.6) is 0 Å². The first-order valence-corrected chi connectivity index (χ1v) is 3.34. The monoisotopic (exact) mass is 151 g/mol. The Morgan fingerprint density at radius 3 is 2.90 bits per heavy atom. The van der Waals surface area contributed by atoms with Gasteiger partial charge in [-0.3, -0.25) is 4.41 Å². The maximum atomic E-state index is 4.91. The van der Waals surface area contributed by atoms with Gasteiger partial charge in [-0.05, 0) is 6.07 Å². The summed E-state index contributed by atoms with van der Waals surface area (Å²) in [6.45, 7) is 0. The van der Waals surface area contributed by atoms with Crippen molar-refractivity contribution in [3.8, 4) is 0 Å². The van der Waals surface area contributed by atoms with Crippen molar-refractivity contribution in [2.24, 2.45) is 10.3 Å². The number of hydrogen-bond donors (Lipinski definition) is 1. The number of quaternary nitrogens is 1. The highest BCUT2D eigenvalue weighted by atomic mass is 32.1. The first-order valence-electron chi connectivity index (χ1n) is 2.93. The molecule has 1 N–H and O–H groups in total. The summed E-state index contributed by atoms with van der Waals surface area (Å²) in [6, 6.07) is 7.68. The largest absolute Gasteiger partial charge is 0.455 e. The molecule has 0 bridgehead atoms. The fourth-order valence-electron chi connectivity index (χ4n) is 0.895. The van der Waals surface area contributed by atoms with E-state index < -0.39 is 0 Å². The van der Waals surface area contributed by atoms with Gasteiger partial charge in [-0.15, -0.1) is 0 Å². The molecule has 1 aromatic rings. The molecule has 1 aliphatic heterocycles. The van der Waals surface area contributed by atoms with Crippen LogP contribution in [-0.4, -0.2) is 0 Å². The van der Waals surface area contributed by atoms with Gasteiger partial charge in [0.05, 0.1) is 0 Å². The third-order valence-corrected chi connectivity index (χ3v) is 1.68. The Bertz CT molecular complexity index is 284. The summed E-state index contributed by atoms with van der Waals surface area (Å²) in [6.07, 6.45) is 0. The Kier molecular flexibility index (Phi) is 1.22. The van der Waals surface area contributed by atoms with E-state index in [9.17, 15) is 0 Å². The Balaban J connectivity index is 2.59. The molecule has 1 aromatic carbocycles. The van der Waals surface area contributed by atoms with Crippen LogP contribution >= 0.6 is 0 Å². The predicted molar refractivity (Wildman–Crippen MR) is 38.9 cm³/mol. The molecule has 0 spiro atoms. The molecule has 0 amide bonds. The zero-order valence-electron chi connectivity index (χ0n) is 5.11. The van der Waals surface area contributed by atoms with Crippen LogP contribution in [0.2, 0.25) is 0 Å². The van der Waals surface area contributed by atoms with Crippen molar-refractivity contribution in [1.82, 2.24) is 0 Å². The van der Waals surface area contributed by atoms with Crippen molar-refractivity contribution >= 4 is 24.2 Å². The molecule has 2 rings (SSSR count). The normalized spacial score (nSPS) is 21.1. The van der Waals surface area contributed by atoms with Gasteiger partial charge in [0, 0.05) is 11.3 Å². The fourth-order valence-corrected chi connectivity index (χ4v) is 1.11. The van der Waals surface area contributed by atoms with Crippen LogP contribution in [0.15, 0.2) is 34.6 Å². The number of fused-ring (bicyclic) bond motifs is 1. The second kappa shape index (κ2) is 2.07. The van der Waals surface area contributed by atoms with Gasteiger partial charge in [0.2, 0.25) is 0 Å². The van der Waals surface area contributed by atoms with Gasteiger partial charge >= 0.3 is 0 Å². The van der Waals surface area contributed by atoms with E-state index in [0.717, 1.165) is 11.4 Å². The Morgan fingerprint density at radius 1 is 1.30 bits per heavy atom. The van der Waals surface area contributed by atoms with Gasteiger partial charge in [-0.2, -0.15) is 0 Å². The van der Waals surface area contributed by atoms with Crippen LogP contribution < -0.4 is 4.41 Å². The third kappa shape index (κ3) is 0.732. The summed E-state index contributed by atoms with van der Waals surface area (Å²) < 4.78 is 0.593. The van der Waals surface area contributed by atoms with Crippen LogP contribution in [0.1, 0.15) is 0 Å². The van der Waals surface area contributed by atoms with Gasteiger partial charge in [0.15, 0.2) is 11.4 Å². The summed E-state index contributed by atoms with van der Waals surface area (Å²) in [5.74, 6) is 0. The van der Waals surface area contributed by atoms with E-state index in [-0.39, 0.29) is 0 Å². The zero-order valence-corrected chi connectivity index (χ0v) is 5.93. The Hall–Kier alpha value is -0.870. The average molecular weight is 151 g/mol. The third-order valence-electron chi connectivity index (χ3n) is 1.38. The molecular weight excluding hydrogens is 146 g/mol. The fraction of sp³-hybridized carbons (Fsp3) is 0. The summed E-state index contributed by atoms with van der Waals surface area (Å²) in [5.41, 5.74) is 1.85. The molecule has 0 fully saturated rings. The maximum absolute atomic E-state index is 4.91. The quantitative estimate of drug-likeness (QED) is 0.543. The smallest absolute Gasteiger partial charge is 0.168 e. The Labute approximate surface area is 63.9 Å². The minimum Gasteiger partial charge on any atom is -0.455 e. The van der Waals surface area contributed by atoms with Crippen molar-refractivity contribution in [1.29, 1.82) is 0 Å². The standard InChI is InChI=1S/C6H5N3S/c10-9-6-4-2-1-3-5(6)7-8-9/h1-4,9H. The lowest BCUT2D eigenvalue weighted by Crippen LogP contribution is -2.95. The molecule has 10 heavy (non-hydrogen) atoms. The lowest BCUT2D eigenvalue weighted by Gasteiger charge is -2.07. The molecule has 1 unspecified atom stereocenters. The molecular formula is C6H5N3S. The van der Waals surface area contributed by atoms with Crippen molar-refractivity contribution in [3.05, 3.63) is 24.3 Å². The predicted octanol–water partition coefficient (Wildman–Crippen LogP) is 0.677. The van der Waals surface area contributed by atoms with Crippen molar-refractivity contribution < 1.29 is 4.41 Å². The van der Waals surface area contributed by atoms with Gasteiger partial charge in [0.1, 0.15) is 0 Å². The van der Waals surface area contributed by atoms with Crippen molar-refractivity contribution in [3.63, 3.8) is 0 Å². The molecule has 1 aliphatic rings. The summed E-state index contributed by atoms with van der Waals surface area (Å²) in [4.78, 5) is 0. The molecule has 3 nitrogen and oxygen atoms in total.